The second-order valence-electron chi connectivity index (χ2n) is 4.39. The lowest BCUT2D eigenvalue weighted by Crippen LogP contribution is -2.12. The molecule has 0 bridgehead atoms. The van der Waals surface area contributed by atoms with Crippen molar-refractivity contribution in [2.75, 3.05) is 12.4 Å². The lowest BCUT2D eigenvalue weighted by molar-refractivity contribution is -0.139. The Morgan fingerprint density at radius 1 is 1.45 bits per heavy atom. The zero-order valence-electron chi connectivity index (χ0n) is 11.8. The lowest BCUT2D eigenvalue weighted by Gasteiger charge is -2.03. The summed E-state index contributed by atoms with van der Waals surface area (Å²) in [5, 5.41) is 13.5. The van der Waals surface area contributed by atoms with Gasteiger partial charge in [0.05, 0.1) is 31.7 Å². The Hall–Kier alpha value is -2.72. The van der Waals surface area contributed by atoms with E-state index in [-0.39, 0.29) is 24.7 Å². The molecule has 1 amide bonds. The number of nitrogens with zero attached hydrogens (tertiary/aromatic N) is 2. The first-order chi connectivity index (χ1) is 10.6. The monoisotopic (exact) mass is 315 g/mol. The third kappa shape index (κ3) is 4.14. The summed E-state index contributed by atoms with van der Waals surface area (Å²) < 4.78 is 4.56. The van der Waals surface area contributed by atoms with E-state index in [0.717, 1.165) is 5.56 Å². The average molecular weight is 315 g/mol. The number of nitrogens with one attached hydrogen (secondary N) is 1. The number of aromatic nitrogens is 1. The molecule has 0 unspecified atom stereocenters. The van der Waals surface area contributed by atoms with Crippen LogP contribution in [0.1, 0.15) is 21.6 Å². The molecule has 22 heavy (non-hydrogen) atoms. The van der Waals surface area contributed by atoms with E-state index in [0.29, 0.717) is 16.4 Å². The van der Waals surface area contributed by atoms with Gasteiger partial charge in [-0.3, -0.25) is 14.9 Å². The van der Waals surface area contributed by atoms with Gasteiger partial charge >= 0.3 is 5.97 Å². The number of nitriles is 1. The molecule has 6 nitrogen and oxygen atoms in total. The van der Waals surface area contributed by atoms with Crippen molar-refractivity contribution < 1.29 is 14.3 Å². The van der Waals surface area contributed by atoms with Crippen molar-refractivity contribution in [3.05, 3.63) is 46.5 Å². The van der Waals surface area contributed by atoms with Crippen molar-refractivity contribution in [1.82, 2.24) is 4.98 Å². The number of hydrogen-bond donors (Lipinski definition) is 1. The second kappa shape index (κ2) is 7.33. The van der Waals surface area contributed by atoms with E-state index in [4.69, 9.17) is 5.26 Å². The first-order valence-corrected chi connectivity index (χ1v) is 7.29. The number of esters is 1. The van der Waals surface area contributed by atoms with E-state index in [9.17, 15) is 9.59 Å². The van der Waals surface area contributed by atoms with Crippen LogP contribution in [0.5, 0.6) is 0 Å². The Balaban J connectivity index is 2.04. The molecule has 1 aromatic heterocycles. The smallest absolute Gasteiger partial charge is 0.311 e. The van der Waals surface area contributed by atoms with Crippen LogP contribution in [0.2, 0.25) is 0 Å². The number of benzene rings is 1. The van der Waals surface area contributed by atoms with Gasteiger partial charge in [0.2, 0.25) is 0 Å². The molecule has 0 radical (unpaired) electrons. The van der Waals surface area contributed by atoms with Crippen LogP contribution in [0.3, 0.4) is 0 Å². The van der Waals surface area contributed by atoms with Crippen molar-refractivity contribution in [2.24, 2.45) is 0 Å². The first-order valence-electron chi connectivity index (χ1n) is 6.41. The van der Waals surface area contributed by atoms with Gasteiger partial charge < -0.3 is 4.74 Å². The number of rotatable bonds is 5. The summed E-state index contributed by atoms with van der Waals surface area (Å²) in [7, 11) is 1.31. The van der Waals surface area contributed by atoms with Gasteiger partial charge in [-0.05, 0) is 17.7 Å². The standard InChI is InChI=1S/C15H13N3O3S/c1-21-13(19)8-12-9-22-15(17-12)18-14(20)11-4-2-3-10(7-11)5-6-16/h2-4,7,9H,5,8H2,1H3,(H,17,18,20). The van der Waals surface area contributed by atoms with E-state index in [2.05, 4.69) is 15.0 Å². The Morgan fingerprint density at radius 2 is 2.27 bits per heavy atom. The normalized spacial score (nSPS) is 9.82. The van der Waals surface area contributed by atoms with Crippen LogP contribution in [0.4, 0.5) is 5.13 Å². The summed E-state index contributed by atoms with van der Waals surface area (Å²) in [6.07, 6.45) is 0.322. The fraction of sp³-hybridized carbons (Fsp3) is 0.200. The predicted octanol–water partition coefficient (Wildman–Crippen LogP) is 2.18. The third-order valence-corrected chi connectivity index (χ3v) is 3.60. The van der Waals surface area contributed by atoms with Gasteiger partial charge in [-0.2, -0.15) is 5.26 Å². The molecule has 0 aliphatic carbocycles. The zero-order valence-corrected chi connectivity index (χ0v) is 12.6. The molecule has 0 saturated carbocycles. The van der Waals surface area contributed by atoms with Gasteiger partial charge in [0.1, 0.15) is 0 Å². The number of carbonyl (C=O) groups is 2. The summed E-state index contributed by atoms with van der Waals surface area (Å²) in [4.78, 5) is 27.5. The Kier molecular flexibility index (Phi) is 5.22. The van der Waals surface area contributed by atoms with E-state index in [1.54, 1.807) is 29.6 Å². The maximum atomic E-state index is 12.1. The van der Waals surface area contributed by atoms with Crippen LogP contribution in [0.25, 0.3) is 0 Å². The molecule has 112 valence electrons. The minimum absolute atomic E-state index is 0.0700. The SMILES string of the molecule is COC(=O)Cc1csc(NC(=O)c2cccc(CC#N)c2)n1. The maximum Gasteiger partial charge on any atom is 0.311 e. The van der Waals surface area contributed by atoms with E-state index < -0.39 is 0 Å². The third-order valence-electron chi connectivity index (χ3n) is 2.80. The molecule has 0 fully saturated rings. The highest BCUT2D eigenvalue weighted by molar-refractivity contribution is 7.14. The number of thiazole rings is 1. The molecule has 0 aliphatic heterocycles. The largest absolute Gasteiger partial charge is 0.469 e. The molecule has 0 atom stereocenters. The molecule has 0 aliphatic rings. The Morgan fingerprint density at radius 3 is 3.00 bits per heavy atom. The topological polar surface area (TPSA) is 92.1 Å². The number of anilines is 1. The fourth-order valence-corrected chi connectivity index (χ4v) is 2.45. The quantitative estimate of drug-likeness (QED) is 0.854. The van der Waals surface area contributed by atoms with Crippen molar-refractivity contribution in [3.63, 3.8) is 0 Å². The first kappa shape index (κ1) is 15.7. The summed E-state index contributed by atoms with van der Waals surface area (Å²) in [6, 6.07) is 8.89. The van der Waals surface area contributed by atoms with Crippen molar-refractivity contribution >= 4 is 28.3 Å². The molecule has 1 heterocycles. The molecule has 7 heteroatoms. The summed E-state index contributed by atoms with van der Waals surface area (Å²) in [5.41, 5.74) is 1.78. The van der Waals surface area contributed by atoms with Crippen LogP contribution >= 0.6 is 11.3 Å². The van der Waals surface area contributed by atoms with E-state index in [1.165, 1.54) is 18.4 Å². The van der Waals surface area contributed by atoms with Gasteiger partial charge in [0.15, 0.2) is 5.13 Å². The van der Waals surface area contributed by atoms with Crippen molar-refractivity contribution in [2.45, 2.75) is 12.8 Å². The molecular formula is C15H13N3O3S. The van der Waals surface area contributed by atoms with Crippen LogP contribution in [-0.4, -0.2) is 24.0 Å². The van der Waals surface area contributed by atoms with Crippen LogP contribution in [0.15, 0.2) is 29.6 Å². The molecule has 1 aromatic carbocycles. The molecule has 2 rings (SSSR count). The highest BCUT2D eigenvalue weighted by atomic mass is 32.1. The van der Waals surface area contributed by atoms with Gasteiger partial charge in [-0.15, -0.1) is 11.3 Å². The minimum Gasteiger partial charge on any atom is -0.469 e. The highest BCUT2D eigenvalue weighted by Gasteiger charge is 2.11. The van der Waals surface area contributed by atoms with Crippen LogP contribution in [0, 0.1) is 11.3 Å². The highest BCUT2D eigenvalue weighted by Crippen LogP contribution is 2.17. The molecule has 2 aromatic rings. The van der Waals surface area contributed by atoms with Crippen molar-refractivity contribution in [3.8, 4) is 6.07 Å². The van der Waals surface area contributed by atoms with Crippen LogP contribution < -0.4 is 5.32 Å². The van der Waals surface area contributed by atoms with E-state index in [1.807, 2.05) is 6.07 Å². The number of hydrogen-bond acceptors (Lipinski definition) is 6. The fourth-order valence-electron chi connectivity index (χ4n) is 1.75. The van der Waals surface area contributed by atoms with Gasteiger partial charge in [-0.25, -0.2) is 4.98 Å². The van der Waals surface area contributed by atoms with E-state index >= 15 is 0 Å². The Labute approximate surface area is 131 Å². The van der Waals surface area contributed by atoms with Gasteiger partial charge in [-0.1, -0.05) is 12.1 Å². The van der Waals surface area contributed by atoms with Crippen molar-refractivity contribution in [1.29, 1.82) is 5.26 Å². The van der Waals surface area contributed by atoms with Gasteiger partial charge in [0.25, 0.3) is 5.91 Å². The predicted molar refractivity (Wildman–Crippen MR) is 81.5 cm³/mol. The number of amides is 1. The second-order valence-corrected chi connectivity index (χ2v) is 5.24. The molecule has 1 N–H and O–H groups in total. The lowest BCUT2D eigenvalue weighted by atomic mass is 10.1. The maximum absolute atomic E-state index is 12.1. The minimum atomic E-state index is -0.382. The molecular weight excluding hydrogens is 302 g/mol. The number of carbonyl (C=O) groups excluding carboxylic acids is 2. The van der Waals surface area contributed by atoms with Gasteiger partial charge in [0, 0.05) is 10.9 Å². The Bertz CT molecular complexity index is 734. The molecule has 0 spiro atoms. The molecule has 0 saturated heterocycles. The number of methoxy groups -OCH3 is 1. The van der Waals surface area contributed by atoms with Crippen LogP contribution in [-0.2, 0) is 22.4 Å². The zero-order chi connectivity index (χ0) is 15.9. The summed E-state index contributed by atoms with van der Waals surface area (Å²) >= 11 is 1.24. The number of ether oxygens (including phenoxy) is 1. The summed E-state index contributed by atoms with van der Waals surface area (Å²) in [5.74, 6) is -0.689. The average Bonchev–Trinajstić information content (AvgIpc) is 2.94. The summed E-state index contributed by atoms with van der Waals surface area (Å²) in [6.45, 7) is 0.